The first-order valence-corrected chi connectivity index (χ1v) is 6.89. The molecule has 0 aliphatic heterocycles. The van der Waals surface area contributed by atoms with Crippen molar-refractivity contribution in [1.82, 2.24) is 0 Å². The van der Waals surface area contributed by atoms with Gasteiger partial charge >= 0.3 is 0 Å². The number of carbonyl (C=O) groups excluding carboxylic acids is 1. The number of nitrogens with zero attached hydrogens (tertiary/aromatic N) is 1. The summed E-state index contributed by atoms with van der Waals surface area (Å²) in [4.78, 5) is 13.6. The number of carbonyl (C=O) groups is 1. The molecule has 0 atom stereocenters. The van der Waals surface area contributed by atoms with Crippen molar-refractivity contribution in [3.8, 4) is 0 Å². The summed E-state index contributed by atoms with van der Waals surface area (Å²) in [6.45, 7) is 2.00. The van der Waals surface area contributed by atoms with Crippen LogP contribution in [0.5, 0.6) is 0 Å². The fourth-order valence-corrected chi connectivity index (χ4v) is 2.02. The molecule has 2 aromatic carbocycles. The van der Waals surface area contributed by atoms with Crippen LogP contribution in [-0.2, 0) is 4.79 Å². The molecule has 3 nitrogen and oxygen atoms in total. The van der Waals surface area contributed by atoms with Crippen LogP contribution in [0.3, 0.4) is 0 Å². The van der Waals surface area contributed by atoms with Crippen LogP contribution in [0.25, 0.3) is 0 Å². The van der Waals surface area contributed by atoms with Gasteiger partial charge in [-0.3, -0.25) is 4.79 Å². The molecule has 0 saturated heterocycles. The Morgan fingerprint density at radius 3 is 2.20 bits per heavy atom. The number of amides is 1. The third-order valence-electron chi connectivity index (χ3n) is 3.16. The Balaban J connectivity index is 2.06. The summed E-state index contributed by atoms with van der Waals surface area (Å²) in [5.41, 5.74) is 3.06. The van der Waals surface area contributed by atoms with Crippen molar-refractivity contribution < 1.29 is 4.79 Å². The van der Waals surface area contributed by atoms with E-state index in [9.17, 15) is 4.79 Å². The number of nitrogens with one attached hydrogen (secondary N) is 1. The molecule has 0 heterocycles. The molecule has 0 radical (unpaired) electrons. The molecule has 0 fully saturated rings. The summed E-state index contributed by atoms with van der Waals surface area (Å²) in [7, 11) is 2.03. The number of hydrogen-bond acceptors (Lipinski definition) is 2. The van der Waals surface area contributed by atoms with Gasteiger partial charge in [-0.05, 0) is 42.8 Å². The molecule has 3 heteroatoms. The third kappa shape index (κ3) is 3.60. The molecule has 0 saturated carbocycles. The molecule has 0 spiro atoms. The molecular weight excluding hydrogens is 248 g/mol. The van der Waals surface area contributed by atoms with E-state index in [4.69, 9.17) is 0 Å². The van der Waals surface area contributed by atoms with Gasteiger partial charge in [0.25, 0.3) is 0 Å². The molecular formula is C17H20N2O. The molecule has 104 valence electrons. The van der Waals surface area contributed by atoms with E-state index < -0.39 is 0 Å². The lowest BCUT2D eigenvalue weighted by molar-refractivity contribution is -0.116. The van der Waals surface area contributed by atoms with E-state index in [1.165, 1.54) is 0 Å². The van der Waals surface area contributed by atoms with Crippen LogP contribution in [-0.4, -0.2) is 13.0 Å². The Morgan fingerprint density at radius 2 is 1.60 bits per heavy atom. The van der Waals surface area contributed by atoms with Gasteiger partial charge in [-0.15, -0.1) is 0 Å². The Morgan fingerprint density at radius 1 is 1.00 bits per heavy atom. The maximum Gasteiger partial charge on any atom is 0.224 e. The fraction of sp³-hybridized carbons (Fsp3) is 0.235. The average Bonchev–Trinajstić information content (AvgIpc) is 2.48. The number of rotatable bonds is 5. The zero-order valence-corrected chi connectivity index (χ0v) is 12.0. The number of hydrogen-bond donors (Lipinski definition) is 1. The van der Waals surface area contributed by atoms with Crippen molar-refractivity contribution in [3.05, 3.63) is 54.6 Å². The summed E-state index contributed by atoms with van der Waals surface area (Å²) >= 11 is 0. The summed E-state index contributed by atoms with van der Waals surface area (Å²) in [6.07, 6.45) is 1.42. The second-order valence-corrected chi connectivity index (χ2v) is 4.74. The Kier molecular flexibility index (Phi) is 4.77. The number of benzene rings is 2. The molecule has 0 aliphatic carbocycles. The molecule has 20 heavy (non-hydrogen) atoms. The smallest absolute Gasteiger partial charge is 0.224 e. The van der Waals surface area contributed by atoms with E-state index in [-0.39, 0.29) is 5.91 Å². The Bertz CT molecular complexity index is 549. The van der Waals surface area contributed by atoms with Crippen LogP contribution < -0.4 is 10.2 Å². The zero-order valence-electron chi connectivity index (χ0n) is 12.0. The maximum absolute atomic E-state index is 11.5. The van der Waals surface area contributed by atoms with E-state index in [0.717, 1.165) is 23.5 Å². The lowest BCUT2D eigenvalue weighted by atomic mass is 10.2. The lowest BCUT2D eigenvalue weighted by Crippen LogP contribution is -2.11. The van der Waals surface area contributed by atoms with E-state index in [1.807, 2.05) is 56.4 Å². The largest absolute Gasteiger partial charge is 0.345 e. The van der Waals surface area contributed by atoms with Gasteiger partial charge in [-0.1, -0.05) is 25.1 Å². The van der Waals surface area contributed by atoms with Gasteiger partial charge in [-0.2, -0.15) is 0 Å². The van der Waals surface area contributed by atoms with Crippen molar-refractivity contribution >= 4 is 23.0 Å². The molecule has 0 aromatic heterocycles. The van der Waals surface area contributed by atoms with Crippen molar-refractivity contribution in [2.45, 2.75) is 19.8 Å². The fourth-order valence-electron chi connectivity index (χ4n) is 2.02. The molecule has 0 bridgehead atoms. The quantitative estimate of drug-likeness (QED) is 0.881. The maximum atomic E-state index is 11.5. The standard InChI is InChI=1S/C17H20N2O/c1-3-7-17(20)18-14-10-12-16(13-11-14)19(2)15-8-5-4-6-9-15/h4-6,8-13H,3,7H2,1-2H3,(H,18,20). The van der Waals surface area contributed by atoms with Gasteiger partial charge in [-0.25, -0.2) is 0 Å². The minimum absolute atomic E-state index is 0.0664. The highest BCUT2D eigenvalue weighted by atomic mass is 16.1. The predicted octanol–water partition coefficient (Wildman–Crippen LogP) is 4.19. The third-order valence-corrected chi connectivity index (χ3v) is 3.16. The first kappa shape index (κ1) is 14.1. The molecule has 2 aromatic rings. The second kappa shape index (κ2) is 6.75. The van der Waals surface area contributed by atoms with E-state index in [2.05, 4.69) is 22.3 Å². The average molecular weight is 268 g/mol. The highest BCUT2D eigenvalue weighted by molar-refractivity contribution is 5.90. The zero-order chi connectivity index (χ0) is 14.4. The van der Waals surface area contributed by atoms with Gasteiger partial charge < -0.3 is 10.2 Å². The summed E-state index contributed by atoms with van der Waals surface area (Å²) < 4.78 is 0. The van der Waals surface area contributed by atoms with Crippen LogP contribution in [0.4, 0.5) is 17.1 Å². The highest BCUT2D eigenvalue weighted by Gasteiger charge is 2.04. The van der Waals surface area contributed by atoms with E-state index >= 15 is 0 Å². The molecule has 0 aliphatic rings. The van der Waals surface area contributed by atoms with Crippen LogP contribution in [0, 0.1) is 0 Å². The molecule has 0 unspecified atom stereocenters. The van der Waals surface area contributed by atoms with Gasteiger partial charge in [0.2, 0.25) is 5.91 Å². The normalized spacial score (nSPS) is 10.1. The molecule has 2 rings (SSSR count). The molecule has 1 amide bonds. The summed E-state index contributed by atoms with van der Waals surface area (Å²) in [5.74, 6) is 0.0664. The summed E-state index contributed by atoms with van der Waals surface area (Å²) in [5, 5.41) is 2.89. The first-order chi connectivity index (χ1) is 9.70. The van der Waals surface area contributed by atoms with E-state index in [1.54, 1.807) is 0 Å². The SMILES string of the molecule is CCCC(=O)Nc1ccc(N(C)c2ccccc2)cc1. The van der Waals surface area contributed by atoms with Gasteiger partial charge in [0.05, 0.1) is 0 Å². The second-order valence-electron chi connectivity index (χ2n) is 4.74. The van der Waals surface area contributed by atoms with Crippen LogP contribution in [0.1, 0.15) is 19.8 Å². The van der Waals surface area contributed by atoms with Crippen LogP contribution >= 0.6 is 0 Å². The topological polar surface area (TPSA) is 32.3 Å². The minimum atomic E-state index is 0.0664. The number of anilines is 3. The van der Waals surface area contributed by atoms with Crippen molar-refractivity contribution in [2.75, 3.05) is 17.3 Å². The minimum Gasteiger partial charge on any atom is -0.345 e. The van der Waals surface area contributed by atoms with Crippen molar-refractivity contribution in [2.24, 2.45) is 0 Å². The van der Waals surface area contributed by atoms with Crippen molar-refractivity contribution in [1.29, 1.82) is 0 Å². The van der Waals surface area contributed by atoms with Crippen LogP contribution in [0.2, 0.25) is 0 Å². The number of para-hydroxylation sites is 1. The van der Waals surface area contributed by atoms with E-state index in [0.29, 0.717) is 6.42 Å². The molecule has 1 N–H and O–H groups in total. The van der Waals surface area contributed by atoms with Crippen LogP contribution in [0.15, 0.2) is 54.6 Å². The lowest BCUT2D eigenvalue weighted by Gasteiger charge is -2.19. The Hall–Kier alpha value is -2.29. The van der Waals surface area contributed by atoms with Gasteiger partial charge in [0, 0.05) is 30.5 Å². The van der Waals surface area contributed by atoms with Crippen molar-refractivity contribution in [3.63, 3.8) is 0 Å². The highest BCUT2D eigenvalue weighted by Crippen LogP contribution is 2.24. The monoisotopic (exact) mass is 268 g/mol. The predicted molar refractivity (Wildman–Crippen MR) is 84.5 cm³/mol. The first-order valence-electron chi connectivity index (χ1n) is 6.89. The van der Waals surface area contributed by atoms with Gasteiger partial charge in [0.15, 0.2) is 0 Å². The summed E-state index contributed by atoms with van der Waals surface area (Å²) in [6, 6.07) is 18.1. The Labute approximate surface area is 120 Å². The van der Waals surface area contributed by atoms with Gasteiger partial charge in [0.1, 0.15) is 0 Å².